The largest absolute Gasteiger partial charge is 0.260 e. The van der Waals surface area contributed by atoms with Crippen LogP contribution in [-0.4, -0.2) is 20.7 Å². The molecule has 0 aliphatic carbocycles. The lowest BCUT2D eigenvalue weighted by Crippen LogP contribution is -2.00. The molecule has 0 amide bonds. The molecule has 0 aliphatic rings. The predicted molar refractivity (Wildman–Crippen MR) is 77.0 cm³/mol. The van der Waals surface area contributed by atoms with E-state index in [1.54, 1.807) is 18.7 Å². The van der Waals surface area contributed by atoms with Crippen molar-refractivity contribution in [2.75, 3.05) is 0 Å². The highest BCUT2D eigenvalue weighted by Gasteiger charge is 2.06. The van der Waals surface area contributed by atoms with Gasteiger partial charge in [-0.2, -0.15) is 0 Å². The van der Waals surface area contributed by atoms with E-state index in [0.29, 0.717) is 0 Å². The summed E-state index contributed by atoms with van der Waals surface area (Å²) in [5.41, 5.74) is 4.48. The number of nitrogens with zero attached hydrogens (tertiary/aromatic N) is 4. The van der Waals surface area contributed by atoms with E-state index in [-0.39, 0.29) is 0 Å². The van der Waals surface area contributed by atoms with Crippen molar-refractivity contribution in [2.24, 2.45) is 4.99 Å². The second-order valence-electron chi connectivity index (χ2n) is 4.13. The molecule has 96 valence electrons. The second kappa shape index (κ2) is 6.00. The van der Waals surface area contributed by atoms with Gasteiger partial charge in [-0.05, 0) is 32.9 Å². The van der Waals surface area contributed by atoms with Gasteiger partial charge in [-0.15, -0.1) is 0 Å². The van der Waals surface area contributed by atoms with Gasteiger partial charge in [-0.1, -0.05) is 12.1 Å². The van der Waals surface area contributed by atoms with Crippen LogP contribution < -0.4 is 0 Å². The van der Waals surface area contributed by atoms with E-state index in [0.717, 1.165) is 28.4 Å². The van der Waals surface area contributed by atoms with Crippen LogP contribution in [0.1, 0.15) is 25.2 Å². The second-order valence-corrected chi connectivity index (χ2v) is 4.13. The van der Waals surface area contributed by atoms with Gasteiger partial charge < -0.3 is 0 Å². The van der Waals surface area contributed by atoms with Gasteiger partial charge >= 0.3 is 0 Å². The first-order valence-corrected chi connectivity index (χ1v) is 6.12. The Labute approximate surface area is 113 Å². The third-order valence-corrected chi connectivity index (χ3v) is 2.72. The van der Waals surface area contributed by atoms with Crippen molar-refractivity contribution in [1.82, 2.24) is 15.0 Å². The zero-order valence-corrected chi connectivity index (χ0v) is 11.3. The quantitative estimate of drug-likeness (QED) is 0.788. The van der Waals surface area contributed by atoms with Crippen molar-refractivity contribution in [3.05, 3.63) is 54.4 Å². The number of allylic oxidation sites excluding steroid dienone is 1. The fourth-order valence-corrected chi connectivity index (χ4v) is 1.68. The standard InChI is InChI=1S/C15H16N4/c1-4-8-17-12(3)14-6-5-7-15(19-14)13-9-16-10-18-11(13)2/h4-10H,1-3H3/b8-4-,17-12?. The number of aliphatic imine (C=N–C) groups is 1. The molecule has 0 aromatic carbocycles. The summed E-state index contributed by atoms with van der Waals surface area (Å²) in [6, 6.07) is 5.88. The molecular formula is C15H16N4. The van der Waals surface area contributed by atoms with E-state index in [1.807, 2.05) is 45.0 Å². The summed E-state index contributed by atoms with van der Waals surface area (Å²) < 4.78 is 0. The molecule has 0 saturated heterocycles. The Morgan fingerprint density at radius 1 is 1.32 bits per heavy atom. The Bertz CT molecular complexity index is 630. The summed E-state index contributed by atoms with van der Waals surface area (Å²) in [6.07, 6.45) is 6.98. The maximum atomic E-state index is 4.61. The minimum atomic E-state index is 0.860. The third kappa shape index (κ3) is 3.10. The molecule has 4 heteroatoms. The topological polar surface area (TPSA) is 51.0 Å². The molecule has 2 aromatic rings. The van der Waals surface area contributed by atoms with Crippen LogP contribution in [-0.2, 0) is 0 Å². The lowest BCUT2D eigenvalue weighted by molar-refractivity contribution is 1.09. The van der Waals surface area contributed by atoms with Gasteiger partial charge in [0.2, 0.25) is 0 Å². The number of aromatic nitrogens is 3. The summed E-state index contributed by atoms with van der Waals surface area (Å²) in [5.74, 6) is 0. The average molecular weight is 252 g/mol. The SMILES string of the molecule is C/C=C\N=C(C)c1cccc(-c2cncnc2C)n1. The molecule has 0 N–H and O–H groups in total. The Balaban J connectivity index is 2.43. The van der Waals surface area contributed by atoms with Crippen molar-refractivity contribution < 1.29 is 0 Å². The number of hydrogen-bond donors (Lipinski definition) is 0. The van der Waals surface area contributed by atoms with Crippen LogP contribution in [0.2, 0.25) is 0 Å². The Kier molecular flexibility index (Phi) is 4.13. The monoisotopic (exact) mass is 252 g/mol. The van der Waals surface area contributed by atoms with Crippen LogP contribution in [0.3, 0.4) is 0 Å². The fraction of sp³-hybridized carbons (Fsp3) is 0.200. The Hall–Kier alpha value is -2.36. The molecule has 0 atom stereocenters. The lowest BCUT2D eigenvalue weighted by atomic mass is 10.1. The van der Waals surface area contributed by atoms with E-state index in [2.05, 4.69) is 19.9 Å². The fourth-order valence-electron chi connectivity index (χ4n) is 1.68. The van der Waals surface area contributed by atoms with Crippen molar-refractivity contribution in [3.63, 3.8) is 0 Å². The van der Waals surface area contributed by atoms with Crippen molar-refractivity contribution in [3.8, 4) is 11.3 Å². The number of hydrogen-bond acceptors (Lipinski definition) is 4. The molecule has 4 nitrogen and oxygen atoms in total. The van der Waals surface area contributed by atoms with E-state index in [9.17, 15) is 0 Å². The van der Waals surface area contributed by atoms with E-state index in [4.69, 9.17) is 0 Å². The highest BCUT2D eigenvalue weighted by Crippen LogP contribution is 2.18. The number of rotatable bonds is 3. The van der Waals surface area contributed by atoms with Crippen molar-refractivity contribution in [2.45, 2.75) is 20.8 Å². The first-order chi connectivity index (χ1) is 9.22. The van der Waals surface area contributed by atoms with Gasteiger partial charge in [-0.25, -0.2) is 15.0 Å². The smallest absolute Gasteiger partial charge is 0.115 e. The van der Waals surface area contributed by atoms with Gasteiger partial charge in [0.05, 0.1) is 22.8 Å². The van der Waals surface area contributed by atoms with Crippen LogP contribution in [0, 0.1) is 6.92 Å². The molecular weight excluding hydrogens is 236 g/mol. The first kappa shape index (κ1) is 13.1. The molecule has 0 radical (unpaired) electrons. The molecule has 0 spiro atoms. The molecule has 0 bridgehead atoms. The molecule has 19 heavy (non-hydrogen) atoms. The van der Waals surface area contributed by atoms with Crippen molar-refractivity contribution in [1.29, 1.82) is 0 Å². The average Bonchev–Trinajstić information content (AvgIpc) is 2.45. The minimum Gasteiger partial charge on any atom is -0.260 e. The van der Waals surface area contributed by atoms with Gasteiger partial charge in [0.25, 0.3) is 0 Å². The minimum absolute atomic E-state index is 0.860. The maximum Gasteiger partial charge on any atom is 0.115 e. The molecule has 0 fully saturated rings. The molecule has 0 unspecified atom stereocenters. The predicted octanol–water partition coefficient (Wildman–Crippen LogP) is 3.19. The lowest BCUT2D eigenvalue weighted by Gasteiger charge is -2.05. The summed E-state index contributed by atoms with van der Waals surface area (Å²) in [5, 5.41) is 0. The maximum absolute atomic E-state index is 4.61. The van der Waals surface area contributed by atoms with E-state index in [1.165, 1.54) is 0 Å². The number of pyridine rings is 1. The van der Waals surface area contributed by atoms with E-state index < -0.39 is 0 Å². The van der Waals surface area contributed by atoms with Gasteiger partial charge in [-0.3, -0.25) is 4.99 Å². The van der Waals surface area contributed by atoms with Gasteiger partial charge in [0, 0.05) is 18.0 Å². The molecule has 2 aromatic heterocycles. The molecule has 0 aliphatic heterocycles. The van der Waals surface area contributed by atoms with Crippen LogP contribution in [0.5, 0.6) is 0 Å². The van der Waals surface area contributed by atoms with Crippen LogP contribution in [0.25, 0.3) is 11.3 Å². The summed E-state index contributed by atoms with van der Waals surface area (Å²) in [4.78, 5) is 17.2. The zero-order valence-electron chi connectivity index (χ0n) is 11.3. The van der Waals surface area contributed by atoms with Crippen LogP contribution >= 0.6 is 0 Å². The van der Waals surface area contributed by atoms with E-state index >= 15 is 0 Å². The summed E-state index contributed by atoms with van der Waals surface area (Å²) in [6.45, 7) is 5.83. The molecule has 0 saturated carbocycles. The van der Waals surface area contributed by atoms with Crippen LogP contribution in [0.4, 0.5) is 0 Å². The molecule has 2 rings (SSSR count). The first-order valence-electron chi connectivity index (χ1n) is 6.12. The number of aryl methyl sites for hydroxylation is 1. The highest BCUT2D eigenvalue weighted by molar-refractivity contribution is 5.97. The van der Waals surface area contributed by atoms with Crippen molar-refractivity contribution >= 4 is 5.71 Å². The zero-order chi connectivity index (χ0) is 13.7. The Morgan fingerprint density at radius 2 is 2.16 bits per heavy atom. The normalized spacial score (nSPS) is 12.1. The van der Waals surface area contributed by atoms with Gasteiger partial charge in [0.15, 0.2) is 0 Å². The third-order valence-electron chi connectivity index (χ3n) is 2.72. The van der Waals surface area contributed by atoms with Crippen LogP contribution in [0.15, 0.2) is 48.0 Å². The molecule has 2 heterocycles. The summed E-state index contributed by atoms with van der Waals surface area (Å²) in [7, 11) is 0. The van der Waals surface area contributed by atoms with Gasteiger partial charge in [0.1, 0.15) is 6.33 Å². The summed E-state index contributed by atoms with van der Waals surface area (Å²) >= 11 is 0. The highest BCUT2D eigenvalue weighted by atomic mass is 14.8. The Morgan fingerprint density at radius 3 is 2.89 bits per heavy atom.